The zero-order valence-electron chi connectivity index (χ0n) is 10.6. The normalized spacial score (nSPS) is 24.6. The highest BCUT2D eigenvalue weighted by Gasteiger charge is 2.31. The highest BCUT2D eigenvalue weighted by atomic mass is 19.1. The standard InChI is InChI=1S/C14H20FNO2/c1-18-9-14(8-17)16-13-6-11(7-13)10-2-4-12(15)5-3-10/h2-5,11,13-14,16-17H,6-9H2,1H3. The monoisotopic (exact) mass is 253 g/mol. The van der Waals surface area contributed by atoms with Crippen LogP contribution in [0.15, 0.2) is 24.3 Å². The van der Waals surface area contributed by atoms with Crippen molar-refractivity contribution in [3.05, 3.63) is 35.6 Å². The van der Waals surface area contributed by atoms with Crippen LogP contribution in [0.3, 0.4) is 0 Å². The molecule has 3 nitrogen and oxygen atoms in total. The molecule has 1 atom stereocenters. The molecule has 1 saturated carbocycles. The van der Waals surface area contributed by atoms with Gasteiger partial charge in [-0.1, -0.05) is 12.1 Å². The molecule has 0 bridgehead atoms. The lowest BCUT2D eigenvalue weighted by Crippen LogP contribution is -2.48. The summed E-state index contributed by atoms with van der Waals surface area (Å²) in [6.07, 6.45) is 2.07. The molecule has 0 aromatic heterocycles. The quantitative estimate of drug-likeness (QED) is 0.810. The number of nitrogens with one attached hydrogen (secondary N) is 1. The van der Waals surface area contributed by atoms with E-state index < -0.39 is 0 Å². The van der Waals surface area contributed by atoms with Gasteiger partial charge in [0.2, 0.25) is 0 Å². The van der Waals surface area contributed by atoms with Crippen molar-refractivity contribution in [2.45, 2.75) is 30.8 Å². The molecular formula is C14H20FNO2. The number of aliphatic hydroxyl groups excluding tert-OH is 1. The van der Waals surface area contributed by atoms with Gasteiger partial charge in [-0.2, -0.15) is 0 Å². The Balaban J connectivity index is 1.78. The van der Waals surface area contributed by atoms with E-state index in [-0.39, 0.29) is 18.5 Å². The van der Waals surface area contributed by atoms with Gasteiger partial charge in [0, 0.05) is 13.2 Å². The van der Waals surface area contributed by atoms with Crippen LogP contribution in [0.4, 0.5) is 4.39 Å². The van der Waals surface area contributed by atoms with Crippen LogP contribution < -0.4 is 5.32 Å². The summed E-state index contributed by atoms with van der Waals surface area (Å²) in [5, 5.41) is 12.5. The predicted octanol–water partition coefficient (Wildman–Crippen LogP) is 1.67. The molecule has 100 valence electrons. The summed E-state index contributed by atoms with van der Waals surface area (Å²) >= 11 is 0. The largest absolute Gasteiger partial charge is 0.395 e. The van der Waals surface area contributed by atoms with E-state index in [0.29, 0.717) is 18.6 Å². The number of halogens is 1. The summed E-state index contributed by atoms with van der Waals surface area (Å²) in [6.45, 7) is 0.611. The van der Waals surface area contributed by atoms with E-state index >= 15 is 0 Å². The van der Waals surface area contributed by atoms with Gasteiger partial charge in [-0.3, -0.25) is 0 Å². The fourth-order valence-corrected chi connectivity index (χ4v) is 2.45. The van der Waals surface area contributed by atoms with Crippen molar-refractivity contribution in [3.8, 4) is 0 Å². The van der Waals surface area contributed by atoms with Crippen LogP contribution in [-0.2, 0) is 4.74 Å². The van der Waals surface area contributed by atoms with Crippen LogP contribution >= 0.6 is 0 Å². The number of methoxy groups -OCH3 is 1. The maximum atomic E-state index is 12.8. The molecule has 1 fully saturated rings. The molecule has 0 heterocycles. The van der Waals surface area contributed by atoms with Gasteiger partial charge in [0.05, 0.1) is 19.3 Å². The topological polar surface area (TPSA) is 41.5 Å². The number of aliphatic hydroxyl groups is 1. The second-order valence-corrected chi connectivity index (χ2v) is 4.92. The van der Waals surface area contributed by atoms with E-state index in [1.807, 2.05) is 12.1 Å². The Morgan fingerprint density at radius 1 is 1.39 bits per heavy atom. The van der Waals surface area contributed by atoms with Crippen molar-refractivity contribution in [1.82, 2.24) is 5.32 Å². The molecule has 2 rings (SSSR count). The Morgan fingerprint density at radius 3 is 2.61 bits per heavy atom. The highest BCUT2D eigenvalue weighted by molar-refractivity contribution is 5.23. The highest BCUT2D eigenvalue weighted by Crippen LogP contribution is 2.36. The maximum Gasteiger partial charge on any atom is 0.123 e. The van der Waals surface area contributed by atoms with E-state index in [0.717, 1.165) is 12.8 Å². The first kappa shape index (κ1) is 13.5. The summed E-state index contributed by atoms with van der Waals surface area (Å²) in [4.78, 5) is 0. The van der Waals surface area contributed by atoms with Crippen LogP contribution in [0.2, 0.25) is 0 Å². The Labute approximate surface area is 107 Å². The number of ether oxygens (including phenoxy) is 1. The van der Waals surface area contributed by atoms with Crippen LogP contribution in [0.1, 0.15) is 24.3 Å². The van der Waals surface area contributed by atoms with Crippen molar-refractivity contribution in [3.63, 3.8) is 0 Å². The summed E-state index contributed by atoms with van der Waals surface area (Å²) in [5.74, 6) is 0.318. The van der Waals surface area contributed by atoms with Crippen molar-refractivity contribution in [2.75, 3.05) is 20.3 Å². The van der Waals surface area contributed by atoms with Crippen molar-refractivity contribution < 1.29 is 14.2 Å². The van der Waals surface area contributed by atoms with Gasteiger partial charge in [-0.05, 0) is 36.5 Å². The van der Waals surface area contributed by atoms with Crippen LogP contribution in [0.5, 0.6) is 0 Å². The average Bonchev–Trinajstić information content (AvgIpc) is 2.33. The molecular weight excluding hydrogens is 233 g/mol. The first-order valence-electron chi connectivity index (χ1n) is 6.34. The smallest absolute Gasteiger partial charge is 0.123 e. The molecule has 1 aliphatic carbocycles. The number of benzene rings is 1. The lowest BCUT2D eigenvalue weighted by atomic mass is 9.75. The zero-order chi connectivity index (χ0) is 13.0. The second-order valence-electron chi connectivity index (χ2n) is 4.92. The molecule has 0 saturated heterocycles. The van der Waals surface area contributed by atoms with E-state index in [2.05, 4.69) is 5.32 Å². The minimum Gasteiger partial charge on any atom is -0.395 e. The molecule has 18 heavy (non-hydrogen) atoms. The van der Waals surface area contributed by atoms with Gasteiger partial charge in [-0.25, -0.2) is 4.39 Å². The summed E-state index contributed by atoms with van der Waals surface area (Å²) in [6, 6.07) is 7.17. The number of rotatable bonds is 6. The summed E-state index contributed by atoms with van der Waals surface area (Å²) < 4.78 is 17.8. The third kappa shape index (κ3) is 3.28. The van der Waals surface area contributed by atoms with Gasteiger partial charge >= 0.3 is 0 Å². The predicted molar refractivity (Wildman–Crippen MR) is 68.0 cm³/mol. The van der Waals surface area contributed by atoms with Gasteiger partial charge in [0.1, 0.15) is 5.82 Å². The molecule has 0 amide bonds. The Hall–Kier alpha value is -0.970. The summed E-state index contributed by atoms with van der Waals surface area (Å²) in [7, 11) is 1.63. The van der Waals surface area contributed by atoms with Gasteiger partial charge in [0.15, 0.2) is 0 Å². The molecule has 4 heteroatoms. The molecule has 0 spiro atoms. The maximum absolute atomic E-state index is 12.8. The fourth-order valence-electron chi connectivity index (χ4n) is 2.45. The first-order chi connectivity index (χ1) is 8.72. The van der Waals surface area contributed by atoms with Crippen LogP contribution in [-0.4, -0.2) is 37.5 Å². The molecule has 2 N–H and O–H groups in total. The Bertz CT molecular complexity index is 363. The lowest BCUT2D eigenvalue weighted by Gasteiger charge is -2.38. The van der Waals surface area contributed by atoms with Crippen LogP contribution in [0.25, 0.3) is 0 Å². The van der Waals surface area contributed by atoms with E-state index in [1.54, 1.807) is 7.11 Å². The average molecular weight is 253 g/mol. The molecule has 0 radical (unpaired) electrons. The first-order valence-corrected chi connectivity index (χ1v) is 6.34. The molecule has 1 aromatic carbocycles. The second kappa shape index (κ2) is 6.27. The van der Waals surface area contributed by atoms with E-state index in [1.165, 1.54) is 17.7 Å². The third-order valence-corrected chi connectivity index (χ3v) is 3.54. The molecule has 1 aliphatic rings. The molecule has 0 aliphatic heterocycles. The number of hydrogen-bond donors (Lipinski definition) is 2. The van der Waals surface area contributed by atoms with Gasteiger partial charge in [0.25, 0.3) is 0 Å². The number of hydrogen-bond acceptors (Lipinski definition) is 3. The lowest BCUT2D eigenvalue weighted by molar-refractivity contribution is 0.110. The minimum absolute atomic E-state index is 0.00849. The zero-order valence-corrected chi connectivity index (χ0v) is 10.6. The summed E-state index contributed by atoms with van der Waals surface area (Å²) in [5.41, 5.74) is 1.20. The van der Waals surface area contributed by atoms with Gasteiger partial charge < -0.3 is 15.2 Å². The molecule has 1 unspecified atom stereocenters. The van der Waals surface area contributed by atoms with Gasteiger partial charge in [-0.15, -0.1) is 0 Å². The Kier molecular flexibility index (Phi) is 4.69. The molecule has 1 aromatic rings. The van der Waals surface area contributed by atoms with Crippen molar-refractivity contribution in [1.29, 1.82) is 0 Å². The fraction of sp³-hybridized carbons (Fsp3) is 0.571. The minimum atomic E-state index is -0.187. The van der Waals surface area contributed by atoms with Crippen molar-refractivity contribution in [2.24, 2.45) is 0 Å². The van der Waals surface area contributed by atoms with Crippen molar-refractivity contribution >= 4 is 0 Å². The van der Waals surface area contributed by atoms with E-state index in [9.17, 15) is 4.39 Å². The SMILES string of the molecule is COCC(CO)NC1CC(c2ccc(F)cc2)C1. The van der Waals surface area contributed by atoms with E-state index in [4.69, 9.17) is 9.84 Å². The van der Waals surface area contributed by atoms with Crippen LogP contribution in [0, 0.1) is 5.82 Å². The third-order valence-electron chi connectivity index (χ3n) is 3.54. The Morgan fingerprint density at radius 2 is 2.06 bits per heavy atom.